The molecule has 1 heterocycles. The number of rotatable bonds is 2. The van der Waals surface area contributed by atoms with Crippen LogP contribution in [0.15, 0.2) is 0 Å². The summed E-state index contributed by atoms with van der Waals surface area (Å²) in [4.78, 5) is 0. The van der Waals surface area contributed by atoms with E-state index >= 15 is 0 Å². The van der Waals surface area contributed by atoms with Gasteiger partial charge in [-0.3, -0.25) is 5.84 Å². The van der Waals surface area contributed by atoms with Crippen molar-refractivity contribution in [2.75, 3.05) is 26.8 Å². The lowest BCUT2D eigenvalue weighted by molar-refractivity contribution is 0.0704. The number of nitrogens with two attached hydrogens (primary N) is 1. The molecule has 3 heteroatoms. The molecule has 70 valence electrons. The topological polar surface area (TPSA) is 38.5 Å². The Kier molecular flexibility index (Phi) is 2.10. The van der Waals surface area contributed by atoms with Crippen LogP contribution in [0.5, 0.6) is 0 Å². The van der Waals surface area contributed by atoms with Gasteiger partial charge in [-0.15, -0.1) is 0 Å². The van der Waals surface area contributed by atoms with Crippen LogP contribution in [0.1, 0.15) is 19.3 Å². The lowest BCUT2D eigenvalue weighted by atomic mass is 9.82. The van der Waals surface area contributed by atoms with Gasteiger partial charge in [-0.25, -0.2) is 5.01 Å². The molecule has 2 rings (SSSR count). The van der Waals surface area contributed by atoms with Crippen molar-refractivity contribution in [3.63, 3.8) is 0 Å². The first kappa shape index (κ1) is 8.48. The Labute approximate surface area is 73.8 Å². The average Bonchev–Trinajstić information content (AvgIpc) is 2.44. The normalized spacial score (nSPS) is 42.0. The highest BCUT2D eigenvalue weighted by atomic mass is 16.5. The molecule has 0 aromatic heterocycles. The van der Waals surface area contributed by atoms with Crippen LogP contribution in [0.3, 0.4) is 0 Å². The molecule has 2 fully saturated rings. The molecule has 0 radical (unpaired) electrons. The molecule has 0 bridgehead atoms. The second kappa shape index (κ2) is 2.98. The van der Waals surface area contributed by atoms with E-state index < -0.39 is 0 Å². The maximum absolute atomic E-state index is 5.82. The molecule has 0 spiro atoms. The summed E-state index contributed by atoms with van der Waals surface area (Å²) in [5.41, 5.74) is 0.406. The monoisotopic (exact) mass is 170 g/mol. The minimum atomic E-state index is 0.406. The van der Waals surface area contributed by atoms with Crippen molar-refractivity contribution in [3.8, 4) is 0 Å². The van der Waals surface area contributed by atoms with E-state index in [-0.39, 0.29) is 0 Å². The van der Waals surface area contributed by atoms with Gasteiger partial charge in [0.2, 0.25) is 0 Å². The van der Waals surface area contributed by atoms with Gasteiger partial charge in [-0.1, -0.05) is 6.42 Å². The minimum absolute atomic E-state index is 0.406. The van der Waals surface area contributed by atoms with Crippen molar-refractivity contribution >= 4 is 0 Å². The molecule has 3 nitrogen and oxygen atoms in total. The Morgan fingerprint density at radius 1 is 1.67 bits per heavy atom. The van der Waals surface area contributed by atoms with E-state index in [0.717, 1.165) is 25.6 Å². The molecule has 0 unspecified atom stereocenters. The van der Waals surface area contributed by atoms with Gasteiger partial charge in [0, 0.05) is 25.6 Å². The van der Waals surface area contributed by atoms with Gasteiger partial charge in [-0.05, 0) is 18.8 Å². The molecule has 0 aromatic carbocycles. The van der Waals surface area contributed by atoms with Crippen LogP contribution in [0, 0.1) is 11.3 Å². The number of hydrogen-bond acceptors (Lipinski definition) is 3. The third-order valence-electron chi connectivity index (χ3n) is 3.50. The number of fused-ring (bicyclic) bond motifs is 1. The Morgan fingerprint density at radius 2 is 2.50 bits per heavy atom. The summed E-state index contributed by atoms with van der Waals surface area (Å²) in [7, 11) is 1.79. The zero-order valence-electron chi connectivity index (χ0n) is 7.75. The largest absolute Gasteiger partial charge is 0.384 e. The Bertz CT molecular complexity index is 174. The average molecular weight is 170 g/mol. The molecule has 2 atom stereocenters. The van der Waals surface area contributed by atoms with Crippen LogP contribution < -0.4 is 5.84 Å². The van der Waals surface area contributed by atoms with Gasteiger partial charge < -0.3 is 4.74 Å². The van der Waals surface area contributed by atoms with Gasteiger partial charge in [0.25, 0.3) is 0 Å². The van der Waals surface area contributed by atoms with E-state index in [4.69, 9.17) is 10.6 Å². The van der Waals surface area contributed by atoms with Crippen molar-refractivity contribution in [2.24, 2.45) is 17.2 Å². The van der Waals surface area contributed by atoms with Gasteiger partial charge in [0.15, 0.2) is 0 Å². The molecular weight excluding hydrogens is 152 g/mol. The summed E-state index contributed by atoms with van der Waals surface area (Å²) in [6.07, 6.45) is 4.01. The van der Waals surface area contributed by atoms with Crippen LogP contribution in [-0.2, 0) is 4.74 Å². The van der Waals surface area contributed by atoms with E-state index in [0.29, 0.717) is 5.41 Å². The molecule has 0 amide bonds. The highest BCUT2D eigenvalue weighted by molar-refractivity contribution is 4.99. The molecule has 1 saturated carbocycles. The fraction of sp³-hybridized carbons (Fsp3) is 1.00. The quantitative estimate of drug-likeness (QED) is 0.617. The smallest absolute Gasteiger partial charge is 0.0534 e. The van der Waals surface area contributed by atoms with Crippen LogP contribution >= 0.6 is 0 Å². The van der Waals surface area contributed by atoms with Gasteiger partial charge in [-0.2, -0.15) is 0 Å². The lowest BCUT2D eigenvalue weighted by Gasteiger charge is -2.27. The van der Waals surface area contributed by atoms with Crippen LogP contribution in [-0.4, -0.2) is 31.8 Å². The summed E-state index contributed by atoms with van der Waals surface area (Å²) >= 11 is 0. The third kappa shape index (κ3) is 1.16. The molecule has 2 aliphatic rings. The maximum Gasteiger partial charge on any atom is 0.0534 e. The molecule has 0 aromatic rings. The number of hydrogen-bond donors (Lipinski definition) is 1. The standard InChI is InChI=1S/C9H18N2O/c1-12-7-9-4-2-3-8(9)5-11(10)6-9/h8H,2-7,10H2,1H3/t8-,9-/m1/s1. The zero-order valence-corrected chi connectivity index (χ0v) is 7.75. The number of ether oxygens (including phenoxy) is 1. The second-order valence-electron chi connectivity index (χ2n) is 4.31. The second-order valence-corrected chi connectivity index (χ2v) is 4.31. The number of nitrogens with zero attached hydrogens (tertiary/aromatic N) is 1. The number of methoxy groups -OCH3 is 1. The highest BCUT2D eigenvalue weighted by Gasteiger charge is 2.48. The van der Waals surface area contributed by atoms with E-state index in [1.165, 1.54) is 19.3 Å². The van der Waals surface area contributed by atoms with Crippen LogP contribution in [0.4, 0.5) is 0 Å². The van der Waals surface area contributed by atoms with Gasteiger partial charge in [0.05, 0.1) is 6.61 Å². The van der Waals surface area contributed by atoms with Crippen molar-refractivity contribution in [2.45, 2.75) is 19.3 Å². The minimum Gasteiger partial charge on any atom is -0.384 e. The summed E-state index contributed by atoms with van der Waals surface area (Å²) in [5, 5.41) is 1.96. The van der Waals surface area contributed by atoms with Crippen LogP contribution in [0.2, 0.25) is 0 Å². The van der Waals surface area contributed by atoms with Crippen molar-refractivity contribution in [1.29, 1.82) is 0 Å². The van der Waals surface area contributed by atoms with E-state index in [2.05, 4.69) is 0 Å². The van der Waals surface area contributed by atoms with E-state index in [1.807, 2.05) is 5.01 Å². The third-order valence-corrected chi connectivity index (χ3v) is 3.50. The van der Waals surface area contributed by atoms with Crippen LogP contribution in [0.25, 0.3) is 0 Å². The van der Waals surface area contributed by atoms with Crippen molar-refractivity contribution in [3.05, 3.63) is 0 Å². The first-order valence-corrected chi connectivity index (χ1v) is 4.75. The molecular formula is C9H18N2O. The summed E-state index contributed by atoms with van der Waals surface area (Å²) < 4.78 is 5.30. The molecule has 1 aliphatic heterocycles. The maximum atomic E-state index is 5.82. The first-order valence-electron chi connectivity index (χ1n) is 4.75. The molecule has 1 saturated heterocycles. The van der Waals surface area contributed by atoms with E-state index in [9.17, 15) is 0 Å². The Morgan fingerprint density at radius 3 is 3.25 bits per heavy atom. The summed E-state index contributed by atoms with van der Waals surface area (Å²) in [6, 6.07) is 0. The van der Waals surface area contributed by atoms with Gasteiger partial charge in [0.1, 0.15) is 0 Å². The lowest BCUT2D eigenvalue weighted by Crippen LogP contribution is -2.34. The molecule has 1 aliphatic carbocycles. The SMILES string of the molecule is COC[C@]12CCC[C@@H]1CN(N)C2. The Balaban J connectivity index is 2.09. The zero-order chi connectivity index (χ0) is 8.60. The Hall–Kier alpha value is -0.120. The predicted molar refractivity (Wildman–Crippen MR) is 47.4 cm³/mol. The van der Waals surface area contributed by atoms with E-state index in [1.54, 1.807) is 7.11 Å². The summed E-state index contributed by atoms with van der Waals surface area (Å²) in [5.74, 6) is 6.61. The fourth-order valence-corrected chi connectivity index (χ4v) is 2.98. The highest BCUT2D eigenvalue weighted by Crippen LogP contribution is 2.47. The fourth-order valence-electron chi connectivity index (χ4n) is 2.98. The molecule has 2 N–H and O–H groups in total. The van der Waals surface area contributed by atoms with Crippen molar-refractivity contribution < 1.29 is 4.74 Å². The predicted octanol–water partition coefficient (Wildman–Crippen LogP) is 0.609. The molecule has 12 heavy (non-hydrogen) atoms. The first-order chi connectivity index (χ1) is 5.77. The van der Waals surface area contributed by atoms with Gasteiger partial charge >= 0.3 is 0 Å². The summed E-state index contributed by atoms with van der Waals surface area (Å²) in [6.45, 7) is 3.00. The number of hydrazine groups is 1. The van der Waals surface area contributed by atoms with Crippen molar-refractivity contribution in [1.82, 2.24) is 5.01 Å².